The molecule has 0 saturated heterocycles. The number of carbonyl (C=O) groups is 2. The second-order valence-corrected chi connectivity index (χ2v) is 10.8. The number of hydrogen-bond acceptors (Lipinski definition) is 7. The van der Waals surface area contributed by atoms with Gasteiger partial charge in [-0.15, -0.1) is 0 Å². The molecule has 9 nitrogen and oxygen atoms in total. The summed E-state index contributed by atoms with van der Waals surface area (Å²) in [7, 11) is -3.39. The molecule has 0 bridgehead atoms. The first-order valence-corrected chi connectivity index (χ1v) is 12.1. The first kappa shape index (κ1) is 27.1. The van der Waals surface area contributed by atoms with Gasteiger partial charge >= 0.3 is 18.2 Å². The van der Waals surface area contributed by atoms with Crippen LogP contribution in [0.5, 0.6) is 5.75 Å². The van der Waals surface area contributed by atoms with Gasteiger partial charge in [0.15, 0.2) is 0 Å². The van der Waals surface area contributed by atoms with Crippen molar-refractivity contribution in [1.82, 2.24) is 0 Å². The van der Waals surface area contributed by atoms with Crippen LogP contribution in [0.2, 0.25) is 0 Å². The fraction of sp³-hybridized carbons (Fsp3) is 0.391. The minimum Gasteiger partial charge on any atom is -0.486 e. The van der Waals surface area contributed by atoms with Crippen LogP contribution in [0.3, 0.4) is 0 Å². The molecule has 36 heavy (non-hydrogen) atoms. The summed E-state index contributed by atoms with van der Waals surface area (Å²) in [4.78, 5) is 23.4. The Bertz CT molecular complexity index is 1260. The number of alkyl halides is 3. The van der Waals surface area contributed by atoms with Gasteiger partial charge in [0.05, 0.1) is 36.2 Å². The van der Waals surface area contributed by atoms with Crippen LogP contribution < -0.4 is 14.4 Å². The van der Waals surface area contributed by atoms with Gasteiger partial charge in [-0.25, -0.2) is 13.2 Å². The van der Waals surface area contributed by atoms with E-state index in [4.69, 9.17) is 9.47 Å². The number of amides is 1. The Labute approximate surface area is 206 Å². The number of nitrogens with zero attached hydrogens (tertiary/aromatic N) is 1. The maximum atomic E-state index is 13.5. The highest BCUT2D eigenvalue weighted by atomic mass is 32.2. The summed E-state index contributed by atoms with van der Waals surface area (Å²) in [6, 6.07) is 7.41. The number of halogens is 3. The van der Waals surface area contributed by atoms with Crippen molar-refractivity contribution in [2.75, 3.05) is 23.3 Å². The van der Waals surface area contributed by atoms with Crippen LogP contribution in [0.25, 0.3) is 0 Å². The van der Waals surface area contributed by atoms with Gasteiger partial charge in [-0.05, 0) is 57.2 Å². The topological polar surface area (TPSA) is 111 Å². The van der Waals surface area contributed by atoms with Crippen LogP contribution in [0.15, 0.2) is 47.4 Å². The van der Waals surface area contributed by atoms with E-state index in [0.29, 0.717) is 6.07 Å². The fourth-order valence-corrected chi connectivity index (χ4v) is 4.92. The molecule has 1 atom stereocenters. The molecule has 3 rings (SSSR count). The first-order valence-electron chi connectivity index (χ1n) is 10.7. The van der Waals surface area contributed by atoms with Gasteiger partial charge in [0.25, 0.3) is 10.0 Å². The zero-order valence-electron chi connectivity index (χ0n) is 19.9. The van der Waals surface area contributed by atoms with Gasteiger partial charge < -0.3 is 14.2 Å². The zero-order chi connectivity index (χ0) is 26.9. The van der Waals surface area contributed by atoms with Crippen molar-refractivity contribution in [3.05, 3.63) is 48.0 Å². The number of methoxy groups -OCH3 is 1. The molecule has 0 spiro atoms. The lowest BCUT2D eigenvalue weighted by Crippen LogP contribution is -2.44. The molecule has 13 heteroatoms. The van der Waals surface area contributed by atoms with Gasteiger partial charge in [0.1, 0.15) is 17.5 Å². The predicted octanol–water partition coefficient (Wildman–Crippen LogP) is 4.57. The monoisotopic (exact) mass is 530 g/mol. The minimum absolute atomic E-state index is 0.0397. The van der Waals surface area contributed by atoms with Crippen LogP contribution in [-0.2, 0) is 30.5 Å². The number of esters is 1. The summed E-state index contributed by atoms with van der Waals surface area (Å²) >= 11 is 0. The van der Waals surface area contributed by atoms with E-state index in [2.05, 4.69) is 10.1 Å². The molecule has 196 valence electrons. The van der Waals surface area contributed by atoms with E-state index in [9.17, 15) is 31.2 Å². The number of fused-ring (bicyclic) bond motifs is 1. The molecule has 0 saturated carbocycles. The van der Waals surface area contributed by atoms with Crippen LogP contribution in [0.4, 0.5) is 29.3 Å². The van der Waals surface area contributed by atoms with Crippen LogP contribution >= 0.6 is 0 Å². The van der Waals surface area contributed by atoms with Gasteiger partial charge in [0, 0.05) is 5.69 Å². The molecule has 1 aliphatic rings. The minimum atomic E-state index is -4.76. The molecule has 0 fully saturated rings. The average molecular weight is 531 g/mol. The summed E-state index contributed by atoms with van der Waals surface area (Å²) < 4.78 is 83.2. The third-order valence-electron chi connectivity index (χ3n) is 4.91. The molecule has 1 heterocycles. The molecule has 1 amide bonds. The summed E-state index contributed by atoms with van der Waals surface area (Å²) in [5.41, 5.74) is -1.81. The lowest BCUT2D eigenvalue weighted by molar-refractivity contribution is -0.142. The molecule has 1 N–H and O–H groups in total. The largest absolute Gasteiger partial charge is 0.486 e. The van der Waals surface area contributed by atoms with E-state index >= 15 is 0 Å². The second-order valence-electron chi connectivity index (χ2n) is 8.89. The molecule has 2 aromatic carbocycles. The van der Waals surface area contributed by atoms with Crippen molar-refractivity contribution in [3.63, 3.8) is 0 Å². The molecule has 0 aliphatic carbocycles. The Morgan fingerprint density at radius 3 is 2.44 bits per heavy atom. The van der Waals surface area contributed by atoms with E-state index in [1.54, 1.807) is 20.8 Å². The van der Waals surface area contributed by atoms with Crippen molar-refractivity contribution in [2.45, 2.75) is 50.0 Å². The lowest BCUT2D eigenvalue weighted by Gasteiger charge is -2.35. The predicted molar refractivity (Wildman–Crippen MR) is 123 cm³/mol. The van der Waals surface area contributed by atoms with Crippen LogP contribution in [-0.4, -0.2) is 45.8 Å². The van der Waals surface area contributed by atoms with Crippen molar-refractivity contribution < 1.29 is 45.4 Å². The van der Waals surface area contributed by atoms with Gasteiger partial charge in [-0.2, -0.15) is 13.2 Å². The Hall–Kier alpha value is -3.48. The maximum Gasteiger partial charge on any atom is 0.416 e. The molecular formula is C23H25F3N2O7S. The van der Waals surface area contributed by atoms with E-state index in [-0.39, 0.29) is 23.5 Å². The Kier molecular flexibility index (Phi) is 7.44. The Morgan fingerprint density at radius 2 is 1.83 bits per heavy atom. The average Bonchev–Trinajstić information content (AvgIpc) is 2.76. The Morgan fingerprint density at radius 1 is 1.14 bits per heavy atom. The molecule has 1 aliphatic heterocycles. The van der Waals surface area contributed by atoms with Gasteiger partial charge in [0.2, 0.25) is 0 Å². The van der Waals surface area contributed by atoms with Crippen molar-refractivity contribution in [1.29, 1.82) is 0 Å². The number of sulfonamides is 1. The van der Waals surface area contributed by atoms with Crippen molar-refractivity contribution >= 4 is 33.5 Å². The molecule has 2 aromatic rings. The van der Waals surface area contributed by atoms with Crippen molar-refractivity contribution in [2.24, 2.45) is 0 Å². The normalized spacial score (nSPS) is 16.0. The number of anilines is 2. The van der Waals surface area contributed by atoms with Gasteiger partial charge in [-0.3, -0.25) is 14.4 Å². The number of rotatable bonds is 5. The number of benzene rings is 2. The van der Waals surface area contributed by atoms with E-state index < -0.39 is 57.0 Å². The maximum absolute atomic E-state index is 13.5. The van der Waals surface area contributed by atoms with Crippen LogP contribution in [0, 0.1) is 0 Å². The number of carbonyl (C=O) groups excluding carboxylic acids is 2. The third kappa shape index (κ3) is 6.39. The van der Waals surface area contributed by atoms with E-state index in [1.165, 1.54) is 18.2 Å². The van der Waals surface area contributed by atoms with Crippen molar-refractivity contribution in [3.8, 4) is 5.75 Å². The first-order chi connectivity index (χ1) is 16.6. The highest BCUT2D eigenvalue weighted by Crippen LogP contribution is 2.40. The fourth-order valence-electron chi connectivity index (χ4n) is 3.37. The quantitative estimate of drug-likeness (QED) is 0.564. The summed E-state index contributed by atoms with van der Waals surface area (Å²) in [6.45, 7) is 4.60. The van der Waals surface area contributed by atoms with Gasteiger partial charge in [-0.1, -0.05) is 6.07 Å². The summed E-state index contributed by atoms with van der Waals surface area (Å²) in [5.74, 6) is -0.622. The second kappa shape index (κ2) is 9.88. The smallest absolute Gasteiger partial charge is 0.416 e. The summed E-state index contributed by atoms with van der Waals surface area (Å²) in [5, 5.41) is 2.48. The summed E-state index contributed by atoms with van der Waals surface area (Å²) in [6.07, 6.45) is -6.83. The van der Waals surface area contributed by atoms with E-state index in [0.717, 1.165) is 29.6 Å². The molecule has 0 unspecified atom stereocenters. The highest BCUT2D eigenvalue weighted by Gasteiger charge is 2.38. The number of ether oxygens (including phenoxy) is 3. The standard InChI is InChI=1S/C23H25F3N2O7S/c1-22(2,3)35-21(30)27-15-8-9-19-18(11-15)28(13-16(34-19)12-20(29)33-4)36(31,32)17-7-5-6-14(10-17)23(24,25)26/h5-11,16H,12-13H2,1-4H3,(H,27,30)/t16-/m0/s1. The molecule has 0 aromatic heterocycles. The zero-order valence-corrected chi connectivity index (χ0v) is 20.7. The Balaban J connectivity index is 2.04. The van der Waals surface area contributed by atoms with E-state index in [1.807, 2.05) is 0 Å². The van der Waals surface area contributed by atoms with Crippen LogP contribution in [0.1, 0.15) is 32.8 Å². The third-order valence-corrected chi connectivity index (χ3v) is 6.68. The number of nitrogens with one attached hydrogen (secondary N) is 1. The highest BCUT2D eigenvalue weighted by molar-refractivity contribution is 7.92. The SMILES string of the molecule is COC(=O)C[C@H]1CN(S(=O)(=O)c2cccc(C(F)(F)F)c2)c2cc(NC(=O)OC(C)(C)C)ccc2O1. The lowest BCUT2D eigenvalue weighted by atomic mass is 10.1. The molecule has 0 radical (unpaired) electrons. The number of hydrogen-bond donors (Lipinski definition) is 1. The molecular weight excluding hydrogens is 505 g/mol.